The van der Waals surface area contributed by atoms with Gasteiger partial charge >= 0.3 is 12.3 Å². The van der Waals surface area contributed by atoms with Crippen LogP contribution in [0.25, 0.3) is 0 Å². The average Bonchev–Trinajstić information content (AvgIpc) is 2.87. The predicted molar refractivity (Wildman–Crippen MR) is 137 cm³/mol. The van der Waals surface area contributed by atoms with Crippen LogP contribution in [0.3, 0.4) is 0 Å². The maximum absolute atomic E-state index is 12.1. The van der Waals surface area contributed by atoms with Gasteiger partial charge in [0.25, 0.3) is 0 Å². The number of carbonyl (C=O) groups is 1. The molecule has 0 saturated carbocycles. The zero-order valence-electron chi connectivity index (χ0n) is 21.7. The van der Waals surface area contributed by atoms with Crippen LogP contribution >= 0.6 is 0 Å². The van der Waals surface area contributed by atoms with Crippen LogP contribution in [0.5, 0.6) is 5.75 Å². The lowest BCUT2D eigenvalue weighted by Gasteiger charge is -2.29. The van der Waals surface area contributed by atoms with Crippen LogP contribution < -0.4 is 10.1 Å². The Balaban J connectivity index is 0.000000784. The van der Waals surface area contributed by atoms with Gasteiger partial charge in [0, 0.05) is 13.2 Å². The summed E-state index contributed by atoms with van der Waals surface area (Å²) in [6.07, 6.45) is -1.32. The van der Waals surface area contributed by atoms with Crippen molar-refractivity contribution < 1.29 is 32.5 Å². The second kappa shape index (κ2) is 17.5. The summed E-state index contributed by atoms with van der Waals surface area (Å²) in [6, 6.07) is 13.0. The van der Waals surface area contributed by atoms with Gasteiger partial charge in [-0.3, -0.25) is 0 Å². The Hall–Kier alpha value is -2.91. The monoisotopic (exact) mass is 512 g/mol. The summed E-state index contributed by atoms with van der Waals surface area (Å²) in [7, 11) is 1.38. The fourth-order valence-corrected chi connectivity index (χ4v) is 3.18. The number of aliphatic hydroxyl groups is 1. The summed E-state index contributed by atoms with van der Waals surface area (Å²) < 4.78 is 44.5. The molecule has 2 rings (SSSR count). The fraction of sp³-hybridized carbons (Fsp3) is 0.481. The quantitative estimate of drug-likeness (QED) is 0.187. The number of hydrogen-bond donors (Lipinski definition) is 3. The molecule has 0 aliphatic heterocycles. The Morgan fingerprint density at radius 2 is 1.78 bits per heavy atom. The topological polar surface area (TPSA) is 91.6 Å². The van der Waals surface area contributed by atoms with Gasteiger partial charge in [-0.2, -0.15) is 0 Å². The minimum absolute atomic E-state index is 0.0318. The molecule has 1 atom stereocenters. The van der Waals surface area contributed by atoms with Gasteiger partial charge in [-0.1, -0.05) is 50.6 Å². The third-order valence-electron chi connectivity index (χ3n) is 5.38. The zero-order valence-corrected chi connectivity index (χ0v) is 21.7. The number of alkyl halides is 3. The number of halogens is 3. The SMILES string of the molecule is CC.CCC(CO)(CC=N)CCNCc1ccc(OC(F)(F)F)cc1.COC(=O)c1cccc(C)c1. The van der Waals surface area contributed by atoms with Crippen LogP contribution in [0, 0.1) is 17.7 Å². The summed E-state index contributed by atoms with van der Waals surface area (Å²) in [5.41, 5.74) is 2.23. The van der Waals surface area contributed by atoms with Crippen LogP contribution in [0.1, 0.15) is 61.5 Å². The maximum atomic E-state index is 12.1. The Bertz CT molecular complexity index is 883. The molecule has 1 unspecified atom stereocenters. The molecule has 0 aromatic heterocycles. The Labute approximate surface area is 212 Å². The van der Waals surface area contributed by atoms with Crippen molar-refractivity contribution in [2.45, 2.75) is 59.9 Å². The largest absolute Gasteiger partial charge is 0.573 e. The molecule has 0 aliphatic rings. The highest BCUT2D eigenvalue weighted by Gasteiger charge is 2.31. The average molecular weight is 513 g/mol. The molecule has 9 heteroatoms. The van der Waals surface area contributed by atoms with E-state index in [0.29, 0.717) is 25.1 Å². The molecule has 0 heterocycles. The molecule has 0 amide bonds. The molecule has 2 aromatic carbocycles. The first-order valence-corrected chi connectivity index (χ1v) is 11.9. The molecule has 3 N–H and O–H groups in total. The lowest BCUT2D eigenvalue weighted by Crippen LogP contribution is -2.30. The first kappa shape index (κ1) is 33.1. The highest BCUT2D eigenvalue weighted by atomic mass is 19.4. The normalized spacial score (nSPS) is 12.1. The van der Waals surface area contributed by atoms with E-state index in [1.54, 1.807) is 24.3 Å². The first-order chi connectivity index (χ1) is 17.1. The van der Waals surface area contributed by atoms with Crippen molar-refractivity contribution in [3.8, 4) is 5.75 Å². The van der Waals surface area contributed by atoms with E-state index >= 15 is 0 Å². The van der Waals surface area contributed by atoms with Crippen molar-refractivity contribution >= 4 is 12.2 Å². The number of benzene rings is 2. The van der Waals surface area contributed by atoms with Gasteiger partial charge in [-0.25, -0.2) is 4.79 Å². The zero-order chi connectivity index (χ0) is 27.6. The lowest BCUT2D eigenvalue weighted by molar-refractivity contribution is -0.274. The summed E-state index contributed by atoms with van der Waals surface area (Å²) in [6.45, 7) is 9.13. The van der Waals surface area contributed by atoms with E-state index in [0.717, 1.165) is 24.0 Å². The highest BCUT2D eigenvalue weighted by molar-refractivity contribution is 5.89. The number of nitrogens with one attached hydrogen (secondary N) is 2. The van der Waals surface area contributed by atoms with Crippen molar-refractivity contribution in [1.82, 2.24) is 5.32 Å². The molecule has 0 bridgehead atoms. The molecule has 0 spiro atoms. The minimum Gasteiger partial charge on any atom is -0.465 e. The number of aryl methyl sites for hydroxylation is 1. The number of methoxy groups -OCH3 is 1. The van der Waals surface area contributed by atoms with E-state index in [2.05, 4.69) is 14.8 Å². The molecular formula is C27H39F3N2O4. The summed E-state index contributed by atoms with van der Waals surface area (Å²) in [5.74, 6) is -0.522. The smallest absolute Gasteiger partial charge is 0.465 e. The van der Waals surface area contributed by atoms with E-state index in [-0.39, 0.29) is 23.7 Å². The van der Waals surface area contributed by atoms with E-state index in [4.69, 9.17) is 5.41 Å². The van der Waals surface area contributed by atoms with Crippen molar-refractivity contribution in [2.75, 3.05) is 20.3 Å². The molecule has 0 aliphatic carbocycles. The van der Waals surface area contributed by atoms with Crippen molar-refractivity contribution in [3.63, 3.8) is 0 Å². The van der Waals surface area contributed by atoms with Gasteiger partial charge in [-0.05, 0) is 74.2 Å². The van der Waals surface area contributed by atoms with E-state index in [1.807, 2.05) is 39.8 Å². The summed E-state index contributed by atoms with van der Waals surface area (Å²) >= 11 is 0. The third kappa shape index (κ3) is 13.3. The van der Waals surface area contributed by atoms with Gasteiger partial charge in [-0.15, -0.1) is 13.2 Å². The van der Waals surface area contributed by atoms with E-state index in [1.165, 1.54) is 25.5 Å². The number of carbonyl (C=O) groups excluding carboxylic acids is 1. The van der Waals surface area contributed by atoms with E-state index < -0.39 is 6.36 Å². The van der Waals surface area contributed by atoms with Crippen LogP contribution in [0.15, 0.2) is 48.5 Å². The fourth-order valence-electron chi connectivity index (χ4n) is 3.18. The first-order valence-electron chi connectivity index (χ1n) is 11.9. The molecule has 0 radical (unpaired) electrons. The Kier molecular flexibility index (Phi) is 16.1. The second-order valence-corrected chi connectivity index (χ2v) is 7.90. The summed E-state index contributed by atoms with van der Waals surface area (Å²) in [4.78, 5) is 10.9. The van der Waals surface area contributed by atoms with E-state index in [9.17, 15) is 23.1 Å². The standard InChI is InChI=1S/C16H23F3N2O2.C9H10O2.C2H6/c1-2-15(12-22,7-9-20)8-10-21-11-13-3-5-14(6-4-13)23-16(17,18)19;1-7-4-3-5-8(6-7)9(10)11-2;1-2/h3-6,9,20-22H,2,7-8,10-12H2,1H3;3-6H,1-2H3;1-2H3. The minimum atomic E-state index is -4.68. The number of hydrogen-bond acceptors (Lipinski definition) is 6. The number of aliphatic hydroxyl groups excluding tert-OH is 1. The van der Waals surface area contributed by atoms with Crippen molar-refractivity contribution in [2.24, 2.45) is 5.41 Å². The third-order valence-corrected chi connectivity index (χ3v) is 5.38. The van der Waals surface area contributed by atoms with Crippen LogP contribution in [0.2, 0.25) is 0 Å². The van der Waals surface area contributed by atoms with Crippen LogP contribution in [-0.4, -0.2) is 43.9 Å². The second-order valence-electron chi connectivity index (χ2n) is 7.90. The number of ether oxygens (including phenoxy) is 2. The molecule has 202 valence electrons. The Morgan fingerprint density at radius 3 is 2.25 bits per heavy atom. The van der Waals surface area contributed by atoms with Crippen molar-refractivity contribution in [1.29, 1.82) is 5.41 Å². The molecule has 0 saturated heterocycles. The molecular weight excluding hydrogens is 473 g/mol. The molecule has 36 heavy (non-hydrogen) atoms. The highest BCUT2D eigenvalue weighted by Crippen LogP contribution is 2.28. The van der Waals surface area contributed by atoms with Gasteiger partial charge in [0.2, 0.25) is 0 Å². The van der Waals surface area contributed by atoms with Gasteiger partial charge < -0.3 is 25.3 Å². The number of esters is 1. The molecule has 6 nitrogen and oxygen atoms in total. The number of rotatable bonds is 11. The molecule has 0 fully saturated rings. The van der Waals surface area contributed by atoms with Gasteiger partial charge in [0.05, 0.1) is 12.7 Å². The lowest BCUT2D eigenvalue weighted by atomic mass is 9.80. The predicted octanol–water partition coefficient (Wildman–Crippen LogP) is 6.30. The van der Waals surface area contributed by atoms with Crippen LogP contribution in [0.4, 0.5) is 13.2 Å². The van der Waals surface area contributed by atoms with Gasteiger partial charge in [0.1, 0.15) is 5.75 Å². The van der Waals surface area contributed by atoms with Gasteiger partial charge in [0.15, 0.2) is 0 Å². The van der Waals surface area contributed by atoms with Crippen molar-refractivity contribution in [3.05, 3.63) is 65.2 Å². The molecule has 2 aromatic rings. The maximum Gasteiger partial charge on any atom is 0.573 e. The summed E-state index contributed by atoms with van der Waals surface area (Å²) in [5, 5.41) is 19.9. The Morgan fingerprint density at radius 1 is 1.14 bits per heavy atom. The van der Waals surface area contributed by atoms with Crippen LogP contribution in [-0.2, 0) is 11.3 Å².